The molecule has 0 spiro atoms. The lowest BCUT2D eigenvalue weighted by molar-refractivity contribution is 0.375. The average molecular weight is 270 g/mol. The molecule has 1 heteroatoms. The van der Waals surface area contributed by atoms with Crippen LogP contribution in [0, 0.1) is 5.92 Å². The third-order valence-electron chi connectivity index (χ3n) is 4.12. The van der Waals surface area contributed by atoms with Gasteiger partial charge in [-0.2, -0.15) is 0 Å². The van der Waals surface area contributed by atoms with Crippen molar-refractivity contribution in [2.45, 2.75) is 51.9 Å². The zero-order valence-electron chi connectivity index (χ0n) is 12.7. The van der Waals surface area contributed by atoms with Crippen molar-refractivity contribution in [3.8, 4) is 5.75 Å². The van der Waals surface area contributed by atoms with E-state index >= 15 is 0 Å². The molecule has 0 radical (unpaired) electrons. The van der Waals surface area contributed by atoms with Crippen LogP contribution in [0.2, 0.25) is 0 Å². The van der Waals surface area contributed by atoms with Gasteiger partial charge in [0.2, 0.25) is 0 Å². The lowest BCUT2D eigenvalue weighted by Gasteiger charge is -2.27. The van der Waals surface area contributed by atoms with Gasteiger partial charge in [-0.15, -0.1) is 0 Å². The lowest BCUT2D eigenvalue weighted by Crippen LogP contribution is -2.11. The molecule has 0 atom stereocenters. The molecule has 108 valence electrons. The Hall–Kier alpha value is -1.50. The van der Waals surface area contributed by atoms with Crippen molar-refractivity contribution in [1.29, 1.82) is 0 Å². The van der Waals surface area contributed by atoms with Gasteiger partial charge in [-0.1, -0.05) is 31.2 Å². The summed E-state index contributed by atoms with van der Waals surface area (Å²) in [5, 5.41) is 0. The SMILES string of the molecule is CC=CC1CCC(c2ccc(OC=CCC)cc2)CC1. The molecular formula is C19H26O. The minimum Gasteiger partial charge on any atom is -0.465 e. The number of ether oxygens (including phenoxy) is 1. The highest BCUT2D eigenvalue weighted by molar-refractivity contribution is 5.30. The first-order valence-electron chi connectivity index (χ1n) is 7.88. The van der Waals surface area contributed by atoms with E-state index in [1.54, 1.807) is 6.26 Å². The van der Waals surface area contributed by atoms with Crippen molar-refractivity contribution in [1.82, 2.24) is 0 Å². The molecule has 0 amide bonds. The van der Waals surface area contributed by atoms with Crippen LogP contribution in [0.25, 0.3) is 0 Å². The summed E-state index contributed by atoms with van der Waals surface area (Å²) in [4.78, 5) is 0. The maximum atomic E-state index is 5.55. The topological polar surface area (TPSA) is 9.23 Å². The average Bonchev–Trinajstić information content (AvgIpc) is 2.49. The number of hydrogen-bond donors (Lipinski definition) is 0. The van der Waals surface area contributed by atoms with E-state index in [0.717, 1.165) is 24.0 Å². The van der Waals surface area contributed by atoms with Gasteiger partial charge in [0.25, 0.3) is 0 Å². The van der Waals surface area contributed by atoms with Crippen molar-refractivity contribution >= 4 is 0 Å². The highest BCUT2D eigenvalue weighted by Crippen LogP contribution is 2.36. The third kappa shape index (κ3) is 4.26. The predicted molar refractivity (Wildman–Crippen MR) is 86.0 cm³/mol. The third-order valence-corrected chi connectivity index (χ3v) is 4.12. The summed E-state index contributed by atoms with van der Waals surface area (Å²) >= 11 is 0. The molecule has 1 aromatic carbocycles. The normalized spacial score (nSPS) is 23.5. The van der Waals surface area contributed by atoms with E-state index in [-0.39, 0.29) is 0 Å². The number of hydrogen-bond acceptors (Lipinski definition) is 1. The van der Waals surface area contributed by atoms with Gasteiger partial charge >= 0.3 is 0 Å². The fraction of sp³-hybridized carbons (Fsp3) is 0.474. The van der Waals surface area contributed by atoms with Crippen molar-refractivity contribution in [2.75, 3.05) is 0 Å². The number of rotatable bonds is 5. The Labute approximate surface area is 123 Å². The number of benzene rings is 1. The molecule has 1 saturated carbocycles. The summed E-state index contributed by atoms with van der Waals surface area (Å²) in [7, 11) is 0. The molecule has 0 aliphatic heterocycles. The minimum atomic E-state index is 0.733. The second-order valence-electron chi connectivity index (χ2n) is 5.60. The monoisotopic (exact) mass is 270 g/mol. The fourth-order valence-corrected chi connectivity index (χ4v) is 2.96. The summed E-state index contributed by atoms with van der Waals surface area (Å²) in [5.74, 6) is 2.47. The molecule has 1 fully saturated rings. The summed E-state index contributed by atoms with van der Waals surface area (Å²) < 4.78 is 5.55. The van der Waals surface area contributed by atoms with Crippen LogP contribution in [0.4, 0.5) is 0 Å². The van der Waals surface area contributed by atoms with Crippen LogP contribution in [-0.4, -0.2) is 0 Å². The first kappa shape index (κ1) is 14.9. The molecule has 0 saturated heterocycles. The fourth-order valence-electron chi connectivity index (χ4n) is 2.96. The largest absolute Gasteiger partial charge is 0.465 e. The van der Waals surface area contributed by atoms with Crippen LogP contribution >= 0.6 is 0 Å². The second kappa shape index (κ2) is 7.94. The minimum absolute atomic E-state index is 0.733. The van der Waals surface area contributed by atoms with Crippen LogP contribution < -0.4 is 4.74 Å². The number of allylic oxidation sites excluding steroid dienone is 3. The van der Waals surface area contributed by atoms with Crippen LogP contribution in [0.3, 0.4) is 0 Å². The maximum absolute atomic E-state index is 5.55. The van der Waals surface area contributed by atoms with Crippen LogP contribution in [0.5, 0.6) is 5.75 Å². The van der Waals surface area contributed by atoms with E-state index in [4.69, 9.17) is 4.74 Å². The molecule has 0 heterocycles. The summed E-state index contributed by atoms with van der Waals surface area (Å²) in [5.41, 5.74) is 1.47. The van der Waals surface area contributed by atoms with Crippen molar-refractivity contribution in [3.05, 3.63) is 54.3 Å². The van der Waals surface area contributed by atoms with Gasteiger partial charge in [0.1, 0.15) is 5.75 Å². The molecular weight excluding hydrogens is 244 g/mol. The van der Waals surface area contributed by atoms with Crippen LogP contribution in [0.15, 0.2) is 48.8 Å². The molecule has 0 unspecified atom stereocenters. The summed E-state index contributed by atoms with van der Waals surface area (Å²) in [6, 6.07) is 8.65. The Morgan fingerprint density at radius 2 is 1.80 bits per heavy atom. The van der Waals surface area contributed by atoms with Gasteiger partial charge in [0.15, 0.2) is 0 Å². The first-order chi connectivity index (χ1) is 9.83. The Kier molecular flexibility index (Phi) is 5.91. The molecule has 0 aromatic heterocycles. The molecule has 0 N–H and O–H groups in total. The van der Waals surface area contributed by atoms with Crippen LogP contribution in [0.1, 0.15) is 57.4 Å². The predicted octanol–water partition coefficient (Wildman–Crippen LogP) is 5.84. The van der Waals surface area contributed by atoms with Gasteiger partial charge in [-0.3, -0.25) is 0 Å². The second-order valence-corrected chi connectivity index (χ2v) is 5.60. The van der Waals surface area contributed by atoms with Gasteiger partial charge < -0.3 is 4.74 Å². The van der Waals surface area contributed by atoms with Gasteiger partial charge in [0.05, 0.1) is 6.26 Å². The molecule has 2 rings (SSSR count). The van der Waals surface area contributed by atoms with Gasteiger partial charge in [0, 0.05) is 0 Å². The Balaban J connectivity index is 1.89. The molecule has 1 aromatic rings. The van der Waals surface area contributed by atoms with Crippen molar-refractivity contribution in [3.63, 3.8) is 0 Å². The summed E-state index contributed by atoms with van der Waals surface area (Å²) in [6.07, 6.45) is 14.6. The lowest BCUT2D eigenvalue weighted by atomic mass is 9.78. The quantitative estimate of drug-likeness (QED) is 0.482. The molecule has 1 aliphatic rings. The van der Waals surface area contributed by atoms with Gasteiger partial charge in [-0.05, 0) is 74.6 Å². The highest BCUT2D eigenvalue weighted by atomic mass is 16.5. The molecule has 1 aliphatic carbocycles. The Bertz CT molecular complexity index is 433. The zero-order valence-corrected chi connectivity index (χ0v) is 12.7. The zero-order chi connectivity index (χ0) is 14.2. The van der Waals surface area contributed by atoms with Gasteiger partial charge in [-0.25, -0.2) is 0 Å². The standard InChI is InChI=1S/C19H26O/c1-3-5-15-20-19-13-11-18(12-14-19)17-9-7-16(6-4-2)8-10-17/h4-6,11-17H,3,7-10H2,1-2H3. The molecule has 1 nitrogen and oxygen atoms in total. The highest BCUT2D eigenvalue weighted by Gasteiger charge is 2.20. The molecule has 20 heavy (non-hydrogen) atoms. The van der Waals surface area contributed by atoms with Crippen molar-refractivity contribution < 1.29 is 4.74 Å². The van der Waals surface area contributed by atoms with E-state index in [2.05, 4.69) is 50.3 Å². The maximum Gasteiger partial charge on any atom is 0.126 e. The van der Waals surface area contributed by atoms with E-state index in [1.165, 1.54) is 31.2 Å². The Morgan fingerprint density at radius 1 is 1.10 bits per heavy atom. The van der Waals surface area contributed by atoms with Crippen LogP contribution in [-0.2, 0) is 0 Å². The van der Waals surface area contributed by atoms with E-state index in [9.17, 15) is 0 Å². The smallest absolute Gasteiger partial charge is 0.126 e. The van der Waals surface area contributed by atoms with E-state index in [0.29, 0.717) is 0 Å². The van der Waals surface area contributed by atoms with Crippen molar-refractivity contribution in [2.24, 2.45) is 5.92 Å². The van der Waals surface area contributed by atoms with E-state index < -0.39 is 0 Å². The van der Waals surface area contributed by atoms with E-state index in [1.807, 2.05) is 6.08 Å². The Morgan fingerprint density at radius 3 is 2.40 bits per heavy atom. The summed E-state index contributed by atoms with van der Waals surface area (Å²) in [6.45, 7) is 4.23. The molecule has 0 bridgehead atoms. The first-order valence-corrected chi connectivity index (χ1v) is 7.88.